The number of imidazole rings is 1. The first-order chi connectivity index (χ1) is 10.1. The molecule has 0 atom stereocenters. The minimum absolute atomic E-state index is 0.258. The third-order valence-corrected chi connectivity index (χ3v) is 3.37. The number of nitrogens with zero attached hydrogens (tertiary/aromatic N) is 4. The Morgan fingerprint density at radius 2 is 1.81 bits per heavy atom. The molecule has 0 amide bonds. The van der Waals surface area contributed by atoms with Gasteiger partial charge in [0.2, 0.25) is 0 Å². The number of hydrogen-bond donors (Lipinski definition) is 0. The van der Waals surface area contributed by atoms with Gasteiger partial charge in [0, 0.05) is 6.20 Å². The zero-order valence-corrected chi connectivity index (χ0v) is 12.6. The molecule has 0 bridgehead atoms. The van der Waals surface area contributed by atoms with Gasteiger partial charge in [0.05, 0.1) is 16.4 Å². The van der Waals surface area contributed by atoms with Crippen LogP contribution in [0.4, 0.5) is 11.5 Å². The molecule has 0 spiro atoms. The van der Waals surface area contributed by atoms with Gasteiger partial charge < -0.3 is 0 Å². The minimum Gasteiger partial charge on any atom is -0.281 e. The molecule has 3 aromatic rings. The Kier molecular flexibility index (Phi) is 3.71. The van der Waals surface area contributed by atoms with E-state index in [0.717, 1.165) is 22.8 Å². The van der Waals surface area contributed by atoms with E-state index in [9.17, 15) is 0 Å². The molecule has 106 valence electrons. The summed E-state index contributed by atoms with van der Waals surface area (Å²) in [5, 5.41) is 9.33. The van der Waals surface area contributed by atoms with Gasteiger partial charge in [-0.2, -0.15) is 0 Å². The van der Waals surface area contributed by atoms with Crippen molar-refractivity contribution < 1.29 is 0 Å². The summed E-state index contributed by atoms with van der Waals surface area (Å²) in [4.78, 5) is 4.62. The Morgan fingerprint density at radius 3 is 2.52 bits per heavy atom. The van der Waals surface area contributed by atoms with E-state index in [1.807, 2.05) is 53.1 Å². The van der Waals surface area contributed by atoms with Crippen molar-refractivity contribution in [2.45, 2.75) is 19.8 Å². The Morgan fingerprint density at radius 1 is 1.05 bits per heavy atom. The third kappa shape index (κ3) is 2.81. The van der Waals surface area contributed by atoms with Crippen molar-refractivity contribution in [3.05, 3.63) is 59.4 Å². The topological polar surface area (TPSA) is 42.0 Å². The minimum atomic E-state index is 0.258. The second-order valence-electron chi connectivity index (χ2n) is 5.09. The van der Waals surface area contributed by atoms with E-state index in [-0.39, 0.29) is 5.92 Å². The zero-order chi connectivity index (χ0) is 14.8. The Hall–Kier alpha value is -2.20. The quantitative estimate of drug-likeness (QED) is 0.586. The van der Waals surface area contributed by atoms with Crippen LogP contribution in [-0.4, -0.2) is 9.38 Å². The van der Waals surface area contributed by atoms with Crippen LogP contribution in [0, 0.1) is 0 Å². The molecule has 0 aliphatic rings. The summed E-state index contributed by atoms with van der Waals surface area (Å²) in [5.41, 5.74) is 2.55. The summed E-state index contributed by atoms with van der Waals surface area (Å²) in [6, 6.07) is 13.4. The number of benzene rings is 1. The molecule has 2 heterocycles. The number of fused-ring (bicyclic) bond motifs is 1. The highest BCUT2D eigenvalue weighted by Crippen LogP contribution is 2.30. The summed E-state index contributed by atoms with van der Waals surface area (Å²) < 4.78 is 1.88. The fourth-order valence-electron chi connectivity index (χ4n) is 2.11. The normalized spacial score (nSPS) is 11.8. The number of rotatable bonds is 3. The monoisotopic (exact) mass is 298 g/mol. The molecule has 0 radical (unpaired) electrons. The van der Waals surface area contributed by atoms with Crippen molar-refractivity contribution in [1.29, 1.82) is 0 Å². The van der Waals surface area contributed by atoms with Gasteiger partial charge in [0.1, 0.15) is 5.65 Å². The van der Waals surface area contributed by atoms with Crippen LogP contribution in [0.15, 0.2) is 58.9 Å². The number of hydrogen-bond acceptors (Lipinski definition) is 3. The summed E-state index contributed by atoms with van der Waals surface area (Å²) in [7, 11) is 0. The van der Waals surface area contributed by atoms with Crippen LogP contribution >= 0.6 is 11.6 Å². The summed E-state index contributed by atoms with van der Waals surface area (Å²) in [6.07, 6.45) is 1.81. The summed E-state index contributed by atoms with van der Waals surface area (Å²) in [6.45, 7) is 4.18. The molecule has 0 saturated carbocycles. The van der Waals surface area contributed by atoms with Crippen molar-refractivity contribution in [1.82, 2.24) is 9.38 Å². The first-order valence-corrected chi connectivity index (χ1v) is 7.17. The maximum absolute atomic E-state index is 6.08. The van der Waals surface area contributed by atoms with E-state index >= 15 is 0 Å². The van der Waals surface area contributed by atoms with Crippen molar-refractivity contribution >= 4 is 28.8 Å². The molecular formula is C16H15ClN4. The van der Waals surface area contributed by atoms with Gasteiger partial charge in [-0.1, -0.05) is 43.6 Å². The predicted molar refractivity (Wildman–Crippen MR) is 84.9 cm³/mol. The third-order valence-electron chi connectivity index (χ3n) is 3.15. The largest absolute Gasteiger partial charge is 0.281 e. The van der Waals surface area contributed by atoms with E-state index < -0.39 is 0 Å². The van der Waals surface area contributed by atoms with E-state index in [4.69, 9.17) is 11.6 Å². The molecule has 5 heteroatoms. The molecule has 21 heavy (non-hydrogen) atoms. The first-order valence-electron chi connectivity index (χ1n) is 6.79. The molecule has 4 nitrogen and oxygen atoms in total. The van der Waals surface area contributed by atoms with Crippen LogP contribution in [0.5, 0.6) is 0 Å². The molecule has 0 saturated heterocycles. The van der Waals surface area contributed by atoms with Crippen LogP contribution in [0.2, 0.25) is 5.02 Å². The van der Waals surface area contributed by atoms with Crippen LogP contribution < -0.4 is 0 Å². The van der Waals surface area contributed by atoms with Gasteiger partial charge in [0.25, 0.3) is 0 Å². The first kappa shape index (κ1) is 13.8. The zero-order valence-electron chi connectivity index (χ0n) is 11.9. The van der Waals surface area contributed by atoms with Gasteiger partial charge in [-0.15, -0.1) is 10.2 Å². The van der Waals surface area contributed by atoms with Crippen molar-refractivity contribution in [2.75, 3.05) is 0 Å². The van der Waals surface area contributed by atoms with Gasteiger partial charge >= 0.3 is 0 Å². The highest BCUT2D eigenvalue weighted by Gasteiger charge is 2.15. The molecule has 0 N–H and O–H groups in total. The average Bonchev–Trinajstić information content (AvgIpc) is 2.84. The molecular weight excluding hydrogens is 284 g/mol. The SMILES string of the molecule is CC(C)c1nc2ccc(Cl)cn2c1N=Nc1ccccc1. The maximum Gasteiger partial charge on any atom is 0.183 e. The molecule has 0 fully saturated rings. The van der Waals surface area contributed by atoms with Crippen LogP contribution in [-0.2, 0) is 0 Å². The highest BCUT2D eigenvalue weighted by atomic mass is 35.5. The fourth-order valence-corrected chi connectivity index (χ4v) is 2.27. The van der Waals surface area contributed by atoms with E-state index in [1.54, 1.807) is 0 Å². The highest BCUT2D eigenvalue weighted by molar-refractivity contribution is 6.30. The lowest BCUT2D eigenvalue weighted by molar-refractivity contribution is 0.831. The predicted octanol–water partition coefficient (Wildman–Crippen LogP) is 5.53. The lowest BCUT2D eigenvalue weighted by Crippen LogP contribution is -1.87. The van der Waals surface area contributed by atoms with Crippen molar-refractivity contribution in [3.8, 4) is 0 Å². The van der Waals surface area contributed by atoms with E-state index in [1.165, 1.54) is 0 Å². The second kappa shape index (κ2) is 5.66. The molecule has 0 aliphatic carbocycles. The Bertz CT molecular complexity index is 791. The molecule has 0 aliphatic heterocycles. The summed E-state index contributed by atoms with van der Waals surface area (Å²) in [5.74, 6) is 0.986. The maximum atomic E-state index is 6.08. The fraction of sp³-hybridized carbons (Fsp3) is 0.188. The second-order valence-corrected chi connectivity index (χ2v) is 5.52. The van der Waals surface area contributed by atoms with Gasteiger partial charge in [-0.3, -0.25) is 4.40 Å². The van der Waals surface area contributed by atoms with Crippen molar-refractivity contribution in [2.24, 2.45) is 10.2 Å². The van der Waals surface area contributed by atoms with Crippen LogP contribution in [0.25, 0.3) is 5.65 Å². The molecule has 0 unspecified atom stereocenters. The molecule has 3 rings (SSSR count). The van der Waals surface area contributed by atoms with Crippen LogP contribution in [0.3, 0.4) is 0 Å². The van der Waals surface area contributed by atoms with Gasteiger partial charge in [-0.05, 0) is 30.2 Å². The van der Waals surface area contributed by atoms with Gasteiger partial charge in [0.15, 0.2) is 5.82 Å². The Balaban J connectivity index is 2.13. The lowest BCUT2D eigenvalue weighted by atomic mass is 10.1. The summed E-state index contributed by atoms with van der Waals surface area (Å²) >= 11 is 6.08. The number of aromatic nitrogens is 2. The van der Waals surface area contributed by atoms with Gasteiger partial charge in [-0.25, -0.2) is 4.98 Å². The Labute approximate surface area is 128 Å². The molecule has 2 aromatic heterocycles. The van der Waals surface area contributed by atoms with E-state index in [0.29, 0.717) is 5.02 Å². The molecule has 1 aromatic carbocycles. The smallest absolute Gasteiger partial charge is 0.183 e. The lowest BCUT2D eigenvalue weighted by Gasteiger charge is -2.01. The number of halogens is 1. The van der Waals surface area contributed by atoms with Crippen molar-refractivity contribution in [3.63, 3.8) is 0 Å². The number of pyridine rings is 1. The van der Waals surface area contributed by atoms with Crippen LogP contribution in [0.1, 0.15) is 25.5 Å². The average molecular weight is 299 g/mol. The standard InChI is InChI=1S/C16H15ClN4/c1-11(2)15-16(20-19-13-6-4-3-5-7-13)21-10-12(17)8-9-14(21)18-15/h3-11H,1-2H3. The number of azo groups is 1. The van der Waals surface area contributed by atoms with E-state index in [2.05, 4.69) is 29.1 Å².